The molecule has 5 rings (SSSR count). The van der Waals surface area contributed by atoms with Crippen LogP contribution in [0.5, 0.6) is 5.88 Å². The van der Waals surface area contributed by atoms with Gasteiger partial charge in [0.25, 0.3) is 17.7 Å². The van der Waals surface area contributed by atoms with E-state index in [1.807, 2.05) is 6.92 Å². The Balaban J connectivity index is 1.49. The second kappa shape index (κ2) is 9.16. The van der Waals surface area contributed by atoms with Crippen molar-refractivity contribution in [2.75, 3.05) is 11.9 Å². The Morgan fingerprint density at radius 3 is 2.67 bits per heavy atom. The fourth-order valence-corrected chi connectivity index (χ4v) is 4.20. The van der Waals surface area contributed by atoms with Crippen molar-refractivity contribution < 1.29 is 36.4 Å². The molecule has 0 bridgehead atoms. The van der Waals surface area contributed by atoms with Gasteiger partial charge in [-0.3, -0.25) is 4.79 Å². The van der Waals surface area contributed by atoms with Crippen molar-refractivity contribution in [1.82, 2.24) is 15.1 Å². The van der Waals surface area contributed by atoms with Gasteiger partial charge in [0.2, 0.25) is 5.76 Å². The van der Waals surface area contributed by atoms with Crippen LogP contribution in [0.1, 0.15) is 61.4 Å². The maximum Gasteiger partial charge on any atom is 0.294 e. The molecule has 1 saturated heterocycles. The molecule has 0 radical (unpaired) electrons. The molecule has 190 valence electrons. The number of alkyl halides is 2. The minimum absolute atomic E-state index is 0.0467. The molecule has 1 aliphatic heterocycles. The van der Waals surface area contributed by atoms with Gasteiger partial charge in [-0.05, 0) is 56.0 Å². The third-order valence-electron chi connectivity index (χ3n) is 6.35. The van der Waals surface area contributed by atoms with Crippen molar-refractivity contribution >= 4 is 11.6 Å². The molecule has 1 aliphatic carbocycles. The van der Waals surface area contributed by atoms with Crippen molar-refractivity contribution in [2.24, 2.45) is 0 Å². The van der Waals surface area contributed by atoms with E-state index < -0.39 is 42.6 Å². The van der Waals surface area contributed by atoms with Crippen LogP contribution in [0.2, 0.25) is 0 Å². The van der Waals surface area contributed by atoms with Crippen LogP contribution in [0.3, 0.4) is 0 Å². The van der Waals surface area contributed by atoms with Crippen LogP contribution < -0.4 is 10.1 Å². The molecule has 2 aliphatic rings. The number of carbonyl (C=O) groups excluding carboxylic acids is 1. The average Bonchev–Trinajstić information content (AvgIpc) is 3.28. The lowest BCUT2D eigenvalue weighted by Gasteiger charge is -2.37. The van der Waals surface area contributed by atoms with Gasteiger partial charge in [0, 0.05) is 12.0 Å². The van der Waals surface area contributed by atoms with Crippen LogP contribution in [-0.2, 0) is 4.74 Å². The number of nitrogens with one attached hydrogen (secondary N) is 1. The van der Waals surface area contributed by atoms with E-state index in [9.17, 15) is 22.4 Å². The zero-order chi connectivity index (χ0) is 25.5. The van der Waals surface area contributed by atoms with Gasteiger partial charge in [0.05, 0.1) is 17.4 Å². The van der Waals surface area contributed by atoms with E-state index in [1.54, 1.807) is 0 Å². The Morgan fingerprint density at radius 2 is 1.97 bits per heavy atom. The molecule has 1 N–H and O–H groups in total. The molecule has 1 unspecified atom stereocenters. The zero-order valence-corrected chi connectivity index (χ0v) is 19.2. The Labute approximate surface area is 203 Å². The normalized spacial score (nSPS) is 20.4. The number of ether oxygens (including phenoxy) is 2. The fourth-order valence-electron chi connectivity index (χ4n) is 4.20. The molecule has 1 aromatic carbocycles. The first-order valence-electron chi connectivity index (χ1n) is 11.4. The van der Waals surface area contributed by atoms with Crippen molar-refractivity contribution in [3.63, 3.8) is 0 Å². The number of amides is 1. The van der Waals surface area contributed by atoms with Crippen LogP contribution >= 0.6 is 0 Å². The summed E-state index contributed by atoms with van der Waals surface area (Å²) in [6, 6.07) is 4.07. The molecule has 3 aromatic rings. The monoisotopic (exact) mass is 506 g/mol. The van der Waals surface area contributed by atoms with Crippen molar-refractivity contribution in [3.8, 4) is 17.1 Å². The molecule has 1 amide bonds. The van der Waals surface area contributed by atoms with Gasteiger partial charge in [0.15, 0.2) is 0 Å². The van der Waals surface area contributed by atoms with E-state index in [0.717, 1.165) is 43.8 Å². The lowest BCUT2D eigenvalue weighted by atomic mass is 9.82. The smallest absolute Gasteiger partial charge is 0.294 e. The van der Waals surface area contributed by atoms with Gasteiger partial charge in [-0.15, -0.1) is 0 Å². The van der Waals surface area contributed by atoms with E-state index in [4.69, 9.17) is 14.0 Å². The maximum atomic E-state index is 14.7. The maximum absolute atomic E-state index is 14.7. The lowest BCUT2D eigenvalue weighted by Crippen LogP contribution is -2.39. The Bertz CT molecular complexity index is 1280. The molecule has 0 spiro atoms. The molecular formula is C24H22F4N4O4. The summed E-state index contributed by atoms with van der Waals surface area (Å²) in [6.07, 6.45) is 2.25. The average molecular weight is 506 g/mol. The largest absolute Gasteiger partial charge is 0.469 e. The number of aromatic nitrogens is 3. The zero-order valence-electron chi connectivity index (χ0n) is 19.2. The van der Waals surface area contributed by atoms with E-state index in [0.29, 0.717) is 0 Å². The summed E-state index contributed by atoms with van der Waals surface area (Å²) in [6.45, 7) is 1.08. The number of benzene rings is 1. The van der Waals surface area contributed by atoms with Crippen LogP contribution in [0.4, 0.5) is 23.2 Å². The molecule has 1 atom stereocenters. The number of halogens is 4. The van der Waals surface area contributed by atoms with Gasteiger partial charge < -0.3 is 19.3 Å². The third kappa shape index (κ3) is 4.90. The van der Waals surface area contributed by atoms with E-state index in [2.05, 4.69) is 20.4 Å². The van der Waals surface area contributed by atoms with Crippen LogP contribution in [-0.4, -0.2) is 39.2 Å². The SMILES string of the molecule is CC1(Oc2cc(C(=O)Nc3c(-c4cc(F)ccc4F)ncnc3C3CCC(F)(F)CO3)on2)CCC1. The summed E-state index contributed by atoms with van der Waals surface area (Å²) in [5.41, 5.74) is -0.857. The van der Waals surface area contributed by atoms with E-state index in [-0.39, 0.29) is 46.3 Å². The van der Waals surface area contributed by atoms with E-state index >= 15 is 0 Å². The quantitative estimate of drug-likeness (QED) is 0.443. The van der Waals surface area contributed by atoms with Gasteiger partial charge in [0.1, 0.15) is 42.0 Å². The topological polar surface area (TPSA) is 99.4 Å². The van der Waals surface area contributed by atoms with Crippen LogP contribution in [0.15, 0.2) is 35.1 Å². The molecule has 8 nitrogen and oxygen atoms in total. The summed E-state index contributed by atoms with van der Waals surface area (Å²) in [5, 5.41) is 6.33. The third-order valence-corrected chi connectivity index (χ3v) is 6.35. The molecule has 1 saturated carbocycles. The first-order valence-corrected chi connectivity index (χ1v) is 11.4. The number of rotatable bonds is 6. The van der Waals surface area contributed by atoms with Crippen LogP contribution in [0, 0.1) is 11.6 Å². The Morgan fingerprint density at radius 1 is 1.17 bits per heavy atom. The van der Waals surface area contributed by atoms with Crippen molar-refractivity contribution in [3.05, 3.63) is 53.7 Å². The number of hydrogen-bond donors (Lipinski definition) is 1. The number of anilines is 1. The molecule has 3 heterocycles. The highest BCUT2D eigenvalue weighted by molar-refractivity contribution is 6.04. The predicted octanol–water partition coefficient (Wildman–Crippen LogP) is 5.47. The standard InChI is InChI=1S/C24H22F4N4O4/c1-23(6-2-7-23)35-18-10-17(36-32-18)22(33)31-21-19(14-9-13(25)3-4-15(14)26)29-12-30-20(21)16-5-8-24(27,28)11-34-16/h3-4,9-10,12,16H,2,5-8,11H2,1H3,(H,31,33). The highest BCUT2D eigenvalue weighted by Crippen LogP contribution is 2.41. The summed E-state index contributed by atoms with van der Waals surface area (Å²) < 4.78 is 72.2. The highest BCUT2D eigenvalue weighted by Gasteiger charge is 2.39. The molecule has 2 fully saturated rings. The minimum atomic E-state index is -3.00. The summed E-state index contributed by atoms with van der Waals surface area (Å²) >= 11 is 0. The van der Waals surface area contributed by atoms with E-state index in [1.165, 1.54) is 6.07 Å². The number of hydrogen-bond acceptors (Lipinski definition) is 7. The summed E-state index contributed by atoms with van der Waals surface area (Å²) in [7, 11) is 0. The molecule has 12 heteroatoms. The van der Waals surface area contributed by atoms with Gasteiger partial charge in [-0.2, -0.15) is 0 Å². The Kier molecular flexibility index (Phi) is 6.15. The Hall–Kier alpha value is -3.54. The predicted molar refractivity (Wildman–Crippen MR) is 118 cm³/mol. The molecule has 2 aromatic heterocycles. The first-order chi connectivity index (χ1) is 17.1. The first kappa shape index (κ1) is 24.2. The molecular weight excluding hydrogens is 484 g/mol. The van der Waals surface area contributed by atoms with Crippen LogP contribution in [0.25, 0.3) is 11.3 Å². The van der Waals surface area contributed by atoms with Gasteiger partial charge in [-0.25, -0.2) is 27.5 Å². The summed E-state index contributed by atoms with van der Waals surface area (Å²) in [5.74, 6) is -5.44. The van der Waals surface area contributed by atoms with Crippen molar-refractivity contribution in [1.29, 1.82) is 0 Å². The van der Waals surface area contributed by atoms with Crippen molar-refractivity contribution in [2.45, 2.75) is 56.7 Å². The number of nitrogens with zero attached hydrogens (tertiary/aromatic N) is 3. The summed E-state index contributed by atoms with van der Waals surface area (Å²) in [4.78, 5) is 21.2. The highest BCUT2D eigenvalue weighted by atomic mass is 19.3. The lowest BCUT2D eigenvalue weighted by molar-refractivity contribution is -0.146. The second-order valence-corrected chi connectivity index (χ2v) is 9.19. The van der Waals surface area contributed by atoms with Gasteiger partial charge in [-0.1, -0.05) is 0 Å². The minimum Gasteiger partial charge on any atom is -0.469 e. The number of carbonyl (C=O) groups is 1. The molecule has 36 heavy (non-hydrogen) atoms. The fraction of sp³-hybridized carbons (Fsp3) is 0.417. The van der Waals surface area contributed by atoms with Gasteiger partial charge >= 0.3 is 0 Å². The second-order valence-electron chi connectivity index (χ2n) is 9.19.